The molecular formula is C19H22O. The van der Waals surface area contributed by atoms with Gasteiger partial charge in [0.2, 0.25) is 0 Å². The Kier molecular flexibility index (Phi) is 5.55. The largest absolute Gasteiger partial charge is 0.300 e. The molecule has 0 radical (unpaired) electrons. The topological polar surface area (TPSA) is 17.1 Å². The van der Waals surface area contributed by atoms with Gasteiger partial charge in [0, 0.05) is 12.8 Å². The normalized spacial score (nSPS) is 10.4. The summed E-state index contributed by atoms with van der Waals surface area (Å²) in [6, 6.07) is 19.0. The molecule has 1 nitrogen and oxygen atoms in total. The molecule has 0 aromatic heterocycles. The molecule has 2 aromatic carbocycles. The van der Waals surface area contributed by atoms with Crippen LogP contribution in [0.25, 0.3) is 0 Å². The molecule has 0 aliphatic rings. The zero-order chi connectivity index (χ0) is 14.2. The van der Waals surface area contributed by atoms with Crippen molar-refractivity contribution in [3.63, 3.8) is 0 Å². The fourth-order valence-electron chi connectivity index (χ4n) is 2.47. The minimum Gasteiger partial charge on any atom is -0.300 e. The van der Waals surface area contributed by atoms with E-state index in [-0.39, 0.29) is 0 Å². The summed E-state index contributed by atoms with van der Waals surface area (Å²) >= 11 is 0. The Morgan fingerprint density at radius 2 is 1.50 bits per heavy atom. The summed E-state index contributed by atoms with van der Waals surface area (Å²) < 4.78 is 0. The van der Waals surface area contributed by atoms with Crippen LogP contribution in [0.15, 0.2) is 54.6 Å². The van der Waals surface area contributed by atoms with Gasteiger partial charge in [0.25, 0.3) is 0 Å². The molecule has 0 aliphatic carbocycles. The third-order valence-electron chi connectivity index (χ3n) is 3.56. The van der Waals surface area contributed by atoms with Crippen molar-refractivity contribution >= 4 is 5.78 Å². The van der Waals surface area contributed by atoms with Crippen LogP contribution in [0.1, 0.15) is 42.9 Å². The zero-order valence-electron chi connectivity index (χ0n) is 12.1. The van der Waals surface area contributed by atoms with Gasteiger partial charge in [0.05, 0.1) is 0 Å². The fourth-order valence-corrected chi connectivity index (χ4v) is 2.47. The van der Waals surface area contributed by atoms with Gasteiger partial charge in [-0.3, -0.25) is 4.79 Å². The molecule has 0 amide bonds. The molecule has 0 saturated heterocycles. The lowest BCUT2D eigenvalue weighted by Gasteiger charge is -2.09. The number of hydrogen-bond donors (Lipinski definition) is 0. The minimum absolute atomic E-state index is 0.377. The molecule has 20 heavy (non-hydrogen) atoms. The van der Waals surface area contributed by atoms with Gasteiger partial charge in [-0.15, -0.1) is 0 Å². The van der Waals surface area contributed by atoms with Crippen molar-refractivity contribution in [3.05, 3.63) is 71.3 Å². The Balaban J connectivity index is 2.04. The van der Waals surface area contributed by atoms with Crippen LogP contribution < -0.4 is 0 Å². The molecule has 2 aromatic rings. The Hall–Kier alpha value is -1.89. The van der Waals surface area contributed by atoms with Crippen LogP contribution in [-0.4, -0.2) is 5.78 Å². The average Bonchev–Trinajstić information content (AvgIpc) is 2.48. The standard InChI is InChI=1S/C19H22O/c1-2-8-19(20)14-13-17-11-6-7-12-18(17)15-16-9-4-3-5-10-16/h3-7,9-12H,2,8,13-15H2,1H3. The lowest BCUT2D eigenvalue weighted by molar-refractivity contribution is -0.119. The van der Waals surface area contributed by atoms with Crippen molar-refractivity contribution in [1.29, 1.82) is 0 Å². The van der Waals surface area contributed by atoms with E-state index in [1.54, 1.807) is 0 Å². The molecule has 0 saturated carbocycles. The van der Waals surface area contributed by atoms with Crippen molar-refractivity contribution in [3.8, 4) is 0 Å². The van der Waals surface area contributed by atoms with Gasteiger partial charge in [-0.2, -0.15) is 0 Å². The SMILES string of the molecule is CCCC(=O)CCc1ccccc1Cc1ccccc1. The van der Waals surface area contributed by atoms with E-state index < -0.39 is 0 Å². The highest BCUT2D eigenvalue weighted by Gasteiger charge is 2.06. The summed E-state index contributed by atoms with van der Waals surface area (Å²) in [5, 5.41) is 0. The van der Waals surface area contributed by atoms with E-state index in [9.17, 15) is 4.79 Å². The Morgan fingerprint density at radius 1 is 0.850 bits per heavy atom. The molecule has 1 heteroatoms. The van der Waals surface area contributed by atoms with Gasteiger partial charge < -0.3 is 0 Å². The second-order valence-electron chi connectivity index (χ2n) is 5.22. The number of ketones is 1. The maximum Gasteiger partial charge on any atom is 0.133 e. The van der Waals surface area contributed by atoms with E-state index in [1.807, 2.05) is 6.07 Å². The third kappa shape index (κ3) is 4.34. The minimum atomic E-state index is 0.377. The highest BCUT2D eigenvalue weighted by atomic mass is 16.1. The van der Waals surface area contributed by atoms with Gasteiger partial charge in [0.1, 0.15) is 5.78 Å². The van der Waals surface area contributed by atoms with Crippen LogP contribution in [-0.2, 0) is 17.6 Å². The molecule has 0 spiro atoms. The van der Waals surface area contributed by atoms with Gasteiger partial charge in [-0.25, -0.2) is 0 Å². The van der Waals surface area contributed by atoms with Crippen LogP contribution in [0.5, 0.6) is 0 Å². The number of aryl methyl sites for hydroxylation is 1. The maximum atomic E-state index is 11.7. The quantitative estimate of drug-likeness (QED) is 0.717. The van der Waals surface area contributed by atoms with Crippen LogP contribution in [0, 0.1) is 0 Å². The molecule has 0 fully saturated rings. The summed E-state index contributed by atoms with van der Waals surface area (Å²) in [5.41, 5.74) is 3.96. The zero-order valence-corrected chi connectivity index (χ0v) is 12.1. The van der Waals surface area contributed by atoms with Gasteiger partial charge in [-0.1, -0.05) is 61.5 Å². The van der Waals surface area contributed by atoms with Crippen LogP contribution >= 0.6 is 0 Å². The number of hydrogen-bond acceptors (Lipinski definition) is 1. The molecule has 0 atom stereocenters. The Labute approximate surface area is 121 Å². The van der Waals surface area contributed by atoms with Gasteiger partial charge in [0.15, 0.2) is 0 Å². The summed E-state index contributed by atoms with van der Waals surface area (Å²) in [5.74, 6) is 0.377. The van der Waals surface area contributed by atoms with Crippen LogP contribution in [0.2, 0.25) is 0 Å². The van der Waals surface area contributed by atoms with E-state index in [1.165, 1.54) is 16.7 Å². The van der Waals surface area contributed by atoms with E-state index in [2.05, 4.69) is 55.5 Å². The highest BCUT2D eigenvalue weighted by molar-refractivity contribution is 5.78. The van der Waals surface area contributed by atoms with E-state index >= 15 is 0 Å². The second-order valence-corrected chi connectivity index (χ2v) is 5.22. The number of rotatable bonds is 7. The molecular weight excluding hydrogens is 244 g/mol. The fraction of sp³-hybridized carbons (Fsp3) is 0.316. The lowest BCUT2D eigenvalue weighted by atomic mass is 9.96. The highest BCUT2D eigenvalue weighted by Crippen LogP contribution is 2.16. The lowest BCUT2D eigenvalue weighted by Crippen LogP contribution is -2.02. The molecule has 104 valence electrons. The van der Waals surface area contributed by atoms with Crippen LogP contribution in [0.3, 0.4) is 0 Å². The molecule has 0 heterocycles. The molecule has 0 bridgehead atoms. The Bertz CT molecular complexity index is 543. The summed E-state index contributed by atoms with van der Waals surface area (Å²) in [7, 11) is 0. The van der Waals surface area contributed by atoms with Gasteiger partial charge in [-0.05, 0) is 36.0 Å². The summed E-state index contributed by atoms with van der Waals surface area (Å²) in [6.45, 7) is 2.06. The first-order valence-corrected chi connectivity index (χ1v) is 7.42. The first-order valence-electron chi connectivity index (χ1n) is 7.42. The smallest absolute Gasteiger partial charge is 0.133 e. The number of Topliss-reactive ketones (excluding diaryl/α,β-unsaturated/α-hetero) is 1. The Morgan fingerprint density at radius 3 is 2.20 bits per heavy atom. The number of carbonyl (C=O) groups excluding carboxylic acids is 1. The van der Waals surface area contributed by atoms with Crippen molar-refractivity contribution in [2.24, 2.45) is 0 Å². The third-order valence-corrected chi connectivity index (χ3v) is 3.56. The average molecular weight is 266 g/mol. The summed E-state index contributed by atoms with van der Waals surface area (Å²) in [4.78, 5) is 11.7. The van der Waals surface area contributed by atoms with Crippen molar-refractivity contribution in [2.45, 2.75) is 39.0 Å². The predicted molar refractivity (Wildman–Crippen MR) is 83.9 cm³/mol. The summed E-state index contributed by atoms with van der Waals surface area (Å²) in [6.07, 6.45) is 4.13. The van der Waals surface area contributed by atoms with E-state index in [0.29, 0.717) is 18.6 Å². The monoisotopic (exact) mass is 266 g/mol. The van der Waals surface area contributed by atoms with Crippen molar-refractivity contribution in [2.75, 3.05) is 0 Å². The second kappa shape index (κ2) is 7.64. The van der Waals surface area contributed by atoms with Gasteiger partial charge >= 0.3 is 0 Å². The predicted octanol–water partition coefficient (Wildman–Crippen LogP) is 4.58. The van der Waals surface area contributed by atoms with Crippen LogP contribution in [0.4, 0.5) is 0 Å². The molecule has 0 unspecified atom stereocenters. The maximum absolute atomic E-state index is 11.7. The van der Waals surface area contributed by atoms with Crippen molar-refractivity contribution in [1.82, 2.24) is 0 Å². The first-order chi connectivity index (χ1) is 9.79. The molecule has 0 aliphatic heterocycles. The molecule has 0 N–H and O–H groups in total. The van der Waals surface area contributed by atoms with E-state index in [0.717, 1.165) is 19.3 Å². The first kappa shape index (κ1) is 14.5. The van der Waals surface area contributed by atoms with Crippen molar-refractivity contribution < 1.29 is 4.79 Å². The molecule has 2 rings (SSSR count). The number of benzene rings is 2. The van der Waals surface area contributed by atoms with E-state index in [4.69, 9.17) is 0 Å². The number of carbonyl (C=O) groups is 1.